The Morgan fingerprint density at radius 3 is 2.60 bits per heavy atom. The third-order valence-electron chi connectivity index (χ3n) is 3.88. The summed E-state index contributed by atoms with van der Waals surface area (Å²) in [6, 6.07) is 4.03. The summed E-state index contributed by atoms with van der Waals surface area (Å²) in [5.41, 5.74) is 0.975. The molecule has 0 radical (unpaired) electrons. The zero-order chi connectivity index (χ0) is 14.7. The Kier molecular flexibility index (Phi) is 4.37. The van der Waals surface area contributed by atoms with E-state index in [9.17, 15) is 9.59 Å². The Bertz CT molecular complexity index is 485. The Hall–Kier alpha value is -1.91. The van der Waals surface area contributed by atoms with Crippen LogP contribution in [0, 0.1) is 11.8 Å². The second-order valence-electron chi connectivity index (χ2n) is 5.47. The lowest BCUT2D eigenvalue weighted by atomic mass is 9.94. The van der Waals surface area contributed by atoms with E-state index in [1.165, 1.54) is 0 Å². The van der Waals surface area contributed by atoms with Crippen LogP contribution in [0.5, 0.6) is 0 Å². The zero-order valence-corrected chi connectivity index (χ0v) is 11.8. The summed E-state index contributed by atoms with van der Waals surface area (Å²) in [6.45, 7) is 3.79. The number of carbonyl (C=O) groups excluding carboxylic acids is 1. The van der Waals surface area contributed by atoms with Crippen LogP contribution in [-0.2, 0) is 16.1 Å². The summed E-state index contributed by atoms with van der Waals surface area (Å²) in [5.74, 6) is -2.18. The minimum Gasteiger partial charge on any atom is -0.481 e. The Morgan fingerprint density at radius 2 is 2.10 bits per heavy atom. The molecule has 1 aliphatic carbocycles. The Balaban J connectivity index is 2.09. The molecular weight excluding hydrogens is 256 g/mol. The topological polar surface area (TPSA) is 70.5 Å². The molecule has 5 nitrogen and oxygen atoms in total. The maximum absolute atomic E-state index is 12.5. The first-order valence-corrected chi connectivity index (χ1v) is 6.93. The molecule has 2 atom stereocenters. The lowest BCUT2D eigenvalue weighted by Gasteiger charge is -2.27. The number of amides is 1. The average molecular weight is 276 g/mol. The second kappa shape index (κ2) is 6.03. The number of carboxylic acids is 1. The van der Waals surface area contributed by atoms with Crippen LogP contribution < -0.4 is 0 Å². The molecule has 20 heavy (non-hydrogen) atoms. The maximum Gasteiger partial charge on any atom is 0.307 e. The van der Waals surface area contributed by atoms with E-state index in [1.54, 1.807) is 31.1 Å². The van der Waals surface area contributed by atoms with Crippen LogP contribution in [0.15, 0.2) is 24.5 Å². The molecule has 0 aromatic carbocycles. The average Bonchev–Trinajstić information content (AvgIpc) is 3.28. The lowest BCUT2D eigenvalue weighted by molar-refractivity contribution is -0.149. The molecule has 0 spiro atoms. The van der Waals surface area contributed by atoms with Gasteiger partial charge in [-0.05, 0) is 24.5 Å². The third kappa shape index (κ3) is 3.35. The number of hydrogen-bond donors (Lipinski definition) is 1. The summed E-state index contributed by atoms with van der Waals surface area (Å²) in [4.78, 5) is 29.4. The highest BCUT2D eigenvalue weighted by molar-refractivity contribution is 5.84. The first-order valence-electron chi connectivity index (χ1n) is 6.93. The summed E-state index contributed by atoms with van der Waals surface area (Å²) < 4.78 is 0. The molecule has 1 aromatic heterocycles. The molecule has 1 fully saturated rings. The first kappa shape index (κ1) is 14.5. The van der Waals surface area contributed by atoms with Crippen molar-refractivity contribution in [2.24, 2.45) is 11.8 Å². The van der Waals surface area contributed by atoms with Crippen molar-refractivity contribution in [1.82, 2.24) is 9.88 Å². The van der Waals surface area contributed by atoms with E-state index in [1.807, 2.05) is 12.1 Å². The van der Waals surface area contributed by atoms with Gasteiger partial charge in [0.05, 0.1) is 5.92 Å². The van der Waals surface area contributed by atoms with Crippen LogP contribution in [-0.4, -0.2) is 32.9 Å². The fraction of sp³-hybridized carbons (Fsp3) is 0.533. The van der Waals surface area contributed by atoms with Crippen molar-refractivity contribution in [1.29, 1.82) is 0 Å². The number of carboxylic acid groups (broad SMARTS) is 1. The number of aliphatic carboxylic acids is 1. The van der Waals surface area contributed by atoms with Gasteiger partial charge in [0.25, 0.3) is 0 Å². The van der Waals surface area contributed by atoms with Crippen LogP contribution in [0.1, 0.15) is 32.3 Å². The fourth-order valence-electron chi connectivity index (χ4n) is 2.15. The second-order valence-corrected chi connectivity index (χ2v) is 5.47. The van der Waals surface area contributed by atoms with Crippen molar-refractivity contribution in [2.75, 3.05) is 0 Å². The molecule has 1 saturated carbocycles. The van der Waals surface area contributed by atoms with E-state index in [0.29, 0.717) is 6.54 Å². The van der Waals surface area contributed by atoms with E-state index in [4.69, 9.17) is 5.11 Å². The minimum atomic E-state index is -0.928. The molecular formula is C15H20N2O3. The standard InChI is InChI=1S/C15H20N2O3/c1-10(11(2)15(19)20)14(18)17(13-5-6-13)9-12-4-3-7-16-8-12/h3-4,7-8,10-11,13H,5-6,9H2,1-2H3,(H,19,20). The van der Waals surface area contributed by atoms with Gasteiger partial charge in [0.2, 0.25) is 5.91 Å². The molecule has 1 N–H and O–H groups in total. The molecule has 0 aliphatic heterocycles. The van der Waals surface area contributed by atoms with E-state index >= 15 is 0 Å². The van der Waals surface area contributed by atoms with Crippen LogP contribution >= 0.6 is 0 Å². The highest BCUT2D eigenvalue weighted by Crippen LogP contribution is 2.30. The molecule has 1 aromatic rings. The third-order valence-corrected chi connectivity index (χ3v) is 3.88. The highest BCUT2D eigenvalue weighted by atomic mass is 16.4. The van der Waals surface area contributed by atoms with Crippen LogP contribution in [0.4, 0.5) is 0 Å². The van der Waals surface area contributed by atoms with Crippen molar-refractivity contribution in [3.63, 3.8) is 0 Å². The molecule has 2 rings (SSSR count). The fourth-order valence-corrected chi connectivity index (χ4v) is 2.15. The normalized spacial score (nSPS) is 17.3. The molecule has 1 aliphatic rings. The van der Waals surface area contributed by atoms with Gasteiger partial charge in [-0.25, -0.2) is 0 Å². The molecule has 5 heteroatoms. The number of nitrogens with zero attached hydrogens (tertiary/aromatic N) is 2. The Morgan fingerprint density at radius 1 is 1.40 bits per heavy atom. The predicted molar refractivity (Wildman–Crippen MR) is 73.8 cm³/mol. The van der Waals surface area contributed by atoms with Gasteiger partial charge in [0, 0.05) is 30.9 Å². The summed E-state index contributed by atoms with van der Waals surface area (Å²) in [7, 11) is 0. The van der Waals surface area contributed by atoms with Crippen LogP contribution in [0.3, 0.4) is 0 Å². The molecule has 1 amide bonds. The monoisotopic (exact) mass is 276 g/mol. The largest absolute Gasteiger partial charge is 0.481 e. The van der Waals surface area contributed by atoms with Gasteiger partial charge in [0.15, 0.2) is 0 Å². The predicted octanol–water partition coefficient (Wildman–Crippen LogP) is 1.93. The SMILES string of the molecule is CC(C(=O)O)C(C)C(=O)N(Cc1cccnc1)C1CC1. The number of rotatable bonds is 6. The van der Waals surface area contributed by atoms with Gasteiger partial charge < -0.3 is 10.0 Å². The van der Waals surface area contributed by atoms with E-state index in [0.717, 1.165) is 18.4 Å². The van der Waals surface area contributed by atoms with Crippen LogP contribution in [0.25, 0.3) is 0 Å². The van der Waals surface area contributed by atoms with Gasteiger partial charge in [-0.1, -0.05) is 19.9 Å². The van der Waals surface area contributed by atoms with Gasteiger partial charge >= 0.3 is 5.97 Å². The molecule has 0 saturated heterocycles. The molecule has 2 unspecified atom stereocenters. The van der Waals surface area contributed by atoms with Gasteiger partial charge in [-0.3, -0.25) is 14.6 Å². The summed E-state index contributed by atoms with van der Waals surface area (Å²) in [6.07, 6.45) is 5.44. The smallest absolute Gasteiger partial charge is 0.307 e. The molecule has 1 heterocycles. The van der Waals surface area contributed by atoms with Crippen molar-refractivity contribution in [3.8, 4) is 0 Å². The summed E-state index contributed by atoms with van der Waals surface area (Å²) in [5, 5.41) is 9.05. The highest BCUT2D eigenvalue weighted by Gasteiger charge is 2.37. The van der Waals surface area contributed by atoms with E-state index < -0.39 is 17.8 Å². The van der Waals surface area contributed by atoms with Gasteiger partial charge in [0.1, 0.15) is 0 Å². The quantitative estimate of drug-likeness (QED) is 0.862. The zero-order valence-electron chi connectivity index (χ0n) is 11.8. The Labute approximate surface area is 118 Å². The number of hydrogen-bond acceptors (Lipinski definition) is 3. The number of carbonyl (C=O) groups is 2. The van der Waals surface area contributed by atoms with Gasteiger partial charge in [-0.2, -0.15) is 0 Å². The van der Waals surface area contributed by atoms with Gasteiger partial charge in [-0.15, -0.1) is 0 Å². The van der Waals surface area contributed by atoms with E-state index in [-0.39, 0.29) is 11.9 Å². The summed E-state index contributed by atoms with van der Waals surface area (Å²) >= 11 is 0. The number of pyridine rings is 1. The number of aromatic nitrogens is 1. The lowest BCUT2D eigenvalue weighted by Crippen LogP contribution is -2.40. The van der Waals surface area contributed by atoms with Crippen molar-refractivity contribution < 1.29 is 14.7 Å². The van der Waals surface area contributed by atoms with Crippen molar-refractivity contribution in [3.05, 3.63) is 30.1 Å². The van der Waals surface area contributed by atoms with Crippen molar-refractivity contribution >= 4 is 11.9 Å². The minimum absolute atomic E-state index is 0.0775. The van der Waals surface area contributed by atoms with E-state index in [2.05, 4.69) is 4.98 Å². The van der Waals surface area contributed by atoms with Crippen LogP contribution in [0.2, 0.25) is 0 Å². The molecule has 108 valence electrons. The molecule has 0 bridgehead atoms. The first-order chi connectivity index (χ1) is 9.50. The van der Waals surface area contributed by atoms with Crippen molar-refractivity contribution in [2.45, 2.75) is 39.3 Å². The maximum atomic E-state index is 12.5.